The van der Waals surface area contributed by atoms with Crippen molar-refractivity contribution >= 4 is 24.0 Å². The Balaban J connectivity index is 1.13. The van der Waals surface area contributed by atoms with Gasteiger partial charge in [0.2, 0.25) is 11.8 Å². The SMILES string of the molecule is COC(=O)N[C@H](C(=O)N1CCCC1c1ncc(-c2ccc(-c3ccn(-c4cnc([C@@H]5CCCN5C(=O)[C@@H](NC(=O)OC)C(C)C)[nH]4)c(=O)c3)cc2)[nH]1)C(C)C. The van der Waals surface area contributed by atoms with Crippen molar-refractivity contribution in [3.63, 3.8) is 0 Å². The minimum Gasteiger partial charge on any atom is -0.453 e. The van der Waals surface area contributed by atoms with Gasteiger partial charge >= 0.3 is 12.2 Å². The Bertz CT molecular complexity index is 2070. The lowest BCUT2D eigenvalue weighted by Crippen LogP contribution is -2.51. The largest absolute Gasteiger partial charge is 0.453 e. The predicted octanol–water partition coefficient (Wildman–Crippen LogP) is 4.71. The summed E-state index contributed by atoms with van der Waals surface area (Å²) in [6.07, 6.45) is 6.76. The lowest BCUT2D eigenvalue weighted by atomic mass is 10.0. The Morgan fingerprint density at radius 2 is 1.24 bits per heavy atom. The van der Waals surface area contributed by atoms with E-state index in [9.17, 15) is 24.0 Å². The molecule has 0 spiro atoms. The van der Waals surface area contributed by atoms with Crippen LogP contribution >= 0.6 is 0 Å². The number of rotatable bonds is 11. The number of methoxy groups -OCH3 is 2. The summed E-state index contributed by atoms with van der Waals surface area (Å²) in [4.78, 5) is 83.6. The number of alkyl carbamates (subject to hydrolysis) is 2. The Morgan fingerprint density at radius 1 is 0.727 bits per heavy atom. The zero-order valence-electron chi connectivity index (χ0n) is 32.0. The summed E-state index contributed by atoms with van der Waals surface area (Å²) >= 11 is 0. The highest BCUT2D eigenvalue weighted by molar-refractivity contribution is 5.87. The first kappa shape index (κ1) is 38.8. The molecule has 2 fully saturated rings. The van der Waals surface area contributed by atoms with Gasteiger partial charge in [0.1, 0.15) is 29.6 Å². The molecular weight excluding hydrogens is 706 g/mol. The van der Waals surface area contributed by atoms with Gasteiger partial charge in [-0.1, -0.05) is 52.0 Å². The second kappa shape index (κ2) is 16.6. The standard InChI is InChI=1S/C39H49N9O7/c1-22(2)32(44-38(52)54-5)36(50)46-16-7-9-28(46)34-40-20-27(42-34)25-13-11-24(12-14-25)26-15-18-48(31(49)19-26)30-21-41-35(43-30)29-10-8-17-47(29)37(51)33(23(3)4)45-39(53)55-6/h11-15,18-23,28-29,32-33H,7-10,16-17H2,1-6H3,(H,40,42)(H,41,43)(H,44,52)(H,45,53)/t28?,29-,32-,33-/m0/s1. The highest BCUT2D eigenvalue weighted by atomic mass is 16.5. The van der Waals surface area contributed by atoms with Crippen molar-refractivity contribution in [3.8, 4) is 28.2 Å². The van der Waals surface area contributed by atoms with E-state index in [2.05, 4.69) is 30.6 Å². The average molecular weight is 756 g/mol. The van der Waals surface area contributed by atoms with E-state index in [0.29, 0.717) is 37.0 Å². The fraction of sp³-hybridized carbons (Fsp3) is 0.462. The smallest absolute Gasteiger partial charge is 0.407 e. The molecule has 4 atom stereocenters. The molecule has 292 valence electrons. The van der Waals surface area contributed by atoms with Crippen molar-refractivity contribution in [2.45, 2.75) is 77.5 Å². The number of nitrogens with one attached hydrogen (secondary N) is 4. The van der Waals surface area contributed by atoms with E-state index in [1.54, 1.807) is 34.5 Å². The summed E-state index contributed by atoms with van der Waals surface area (Å²) in [6, 6.07) is 9.16. The highest BCUT2D eigenvalue weighted by Crippen LogP contribution is 2.34. The number of likely N-dealkylation sites (tertiary alicyclic amines) is 2. The summed E-state index contributed by atoms with van der Waals surface area (Å²) in [5.41, 5.74) is 3.02. The number of benzene rings is 1. The molecule has 6 rings (SSSR count). The number of aromatic nitrogens is 5. The van der Waals surface area contributed by atoms with Gasteiger partial charge in [-0.25, -0.2) is 19.6 Å². The van der Waals surface area contributed by atoms with Crippen molar-refractivity contribution in [2.24, 2.45) is 11.8 Å². The lowest BCUT2D eigenvalue weighted by molar-refractivity contribution is -0.136. The maximum atomic E-state index is 13.5. The van der Waals surface area contributed by atoms with Crippen molar-refractivity contribution in [1.29, 1.82) is 0 Å². The van der Waals surface area contributed by atoms with Crippen LogP contribution < -0.4 is 16.2 Å². The molecule has 2 aliphatic heterocycles. The van der Waals surface area contributed by atoms with Crippen LogP contribution in [0.1, 0.15) is 77.1 Å². The Kier molecular flexibility index (Phi) is 11.7. The van der Waals surface area contributed by atoms with Crippen LogP contribution in [-0.4, -0.2) is 97.7 Å². The van der Waals surface area contributed by atoms with Crippen molar-refractivity contribution in [1.82, 2.24) is 44.9 Å². The number of nitrogens with zero attached hydrogens (tertiary/aromatic N) is 5. The maximum Gasteiger partial charge on any atom is 0.407 e. The van der Waals surface area contributed by atoms with Crippen LogP contribution in [0.4, 0.5) is 9.59 Å². The molecule has 0 saturated carbocycles. The number of ether oxygens (including phenoxy) is 2. The van der Waals surface area contributed by atoms with E-state index in [-0.39, 0.29) is 41.3 Å². The van der Waals surface area contributed by atoms with Gasteiger partial charge in [-0.05, 0) is 60.3 Å². The molecule has 2 saturated heterocycles. The molecule has 4 N–H and O–H groups in total. The molecule has 16 heteroatoms. The van der Waals surface area contributed by atoms with Gasteiger partial charge in [0.05, 0.1) is 44.4 Å². The van der Waals surface area contributed by atoms with E-state index in [4.69, 9.17) is 9.47 Å². The highest BCUT2D eigenvalue weighted by Gasteiger charge is 2.39. The lowest BCUT2D eigenvalue weighted by Gasteiger charge is -2.30. The molecule has 0 bridgehead atoms. The van der Waals surface area contributed by atoms with Crippen LogP contribution in [0.5, 0.6) is 0 Å². The maximum absolute atomic E-state index is 13.5. The van der Waals surface area contributed by atoms with Gasteiger partial charge in [0, 0.05) is 25.4 Å². The minimum absolute atomic E-state index is 0.126. The van der Waals surface area contributed by atoms with E-state index >= 15 is 0 Å². The third kappa shape index (κ3) is 8.27. The fourth-order valence-corrected chi connectivity index (χ4v) is 7.36. The van der Waals surface area contributed by atoms with Crippen molar-refractivity contribution in [3.05, 3.63) is 77.0 Å². The van der Waals surface area contributed by atoms with Crippen LogP contribution in [-0.2, 0) is 19.1 Å². The van der Waals surface area contributed by atoms with E-state index in [1.807, 2.05) is 58.0 Å². The number of aromatic amines is 2. The number of carbonyl (C=O) groups is 4. The Morgan fingerprint density at radius 3 is 1.75 bits per heavy atom. The number of hydrogen-bond acceptors (Lipinski definition) is 9. The minimum atomic E-state index is -0.745. The van der Waals surface area contributed by atoms with Gasteiger partial charge in [-0.15, -0.1) is 0 Å². The first-order chi connectivity index (χ1) is 26.4. The van der Waals surface area contributed by atoms with Crippen LogP contribution in [0.2, 0.25) is 0 Å². The molecular formula is C39H49N9O7. The molecule has 5 heterocycles. The third-order valence-corrected chi connectivity index (χ3v) is 10.4. The first-order valence-electron chi connectivity index (χ1n) is 18.6. The van der Waals surface area contributed by atoms with Gasteiger partial charge in [0.25, 0.3) is 5.56 Å². The van der Waals surface area contributed by atoms with Crippen molar-refractivity contribution in [2.75, 3.05) is 27.3 Å². The van der Waals surface area contributed by atoms with Gasteiger partial charge in [0.15, 0.2) is 0 Å². The molecule has 0 aliphatic carbocycles. The third-order valence-electron chi connectivity index (χ3n) is 10.4. The number of pyridine rings is 1. The molecule has 1 aromatic carbocycles. The molecule has 2 aliphatic rings. The summed E-state index contributed by atoms with van der Waals surface area (Å²) in [6.45, 7) is 8.58. The molecule has 16 nitrogen and oxygen atoms in total. The summed E-state index contributed by atoms with van der Waals surface area (Å²) < 4.78 is 10.9. The number of hydrogen-bond donors (Lipinski definition) is 4. The Hall–Kier alpha value is -5.93. The number of imidazole rings is 2. The van der Waals surface area contributed by atoms with E-state index in [0.717, 1.165) is 41.6 Å². The quantitative estimate of drug-likeness (QED) is 0.168. The average Bonchev–Trinajstić information content (AvgIpc) is 4.02. The predicted molar refractivity (Wildman–Crippen MR) is 203 cm³/mol. The van der Waals surface area contributed by atoms with Crippen LogP contribution in [0.25, 0.3) is 28.2 Å². The fourth-order valence-electron chi connectivity index (χ4n) is 7.36. The van der Waals surface area contributed by atoms with Crippen molar-refractivity contribution < 1.29 is 28.7 Å². The normalized spacial score (nSPS) is 18.0. The topological polar surface area (TPSA) is 197 Å². The van der Waals surface area contributed by atoms with Crippen LogP contribution in [0.3, 0.4) is 0 Å². The van der Waals surface area contributed by atoms with E-state index < -0.39 is 24.3 Å². The first-order valence-corrected chi connectivity index (χ1v) is 18.6. The molecule has 4 aromatic rings. The summed E-state index contributed by atoms with van der Waals surface area (Å²) in [7, 11) is 2.54. The monoisotopic (exact) mass is 755 g/mol. The molecule has 3 aromatic heterocycles. The van der Waals surface area contributed by atoms with Gasteiger partial charge in [-0.2, -0.15) is 0 Å². The summed E-state index contributed by atoms with van der Waals surface area (Å²) in [5.74, 6) is 1.07. The van der Waals surface area contributed by atoms with Gasteiger partial charge < -0.3 is 39.9 Å². The molecule has 1 unspecified atom stereocenters. The number of carbonyl (C=O) groups excluding carboxylic acids is 4. The summed E-state index contributed by atoms with van der Waals surface area (Å²) in [5, 5.41) is 5.33. The second-order valence-electron chi connectivity index (χ2n) is 14.6. The molecule has 0 radical (unpaired) electrons. The molecule has 4 amide bonds. The zero-order valence-corrected chi connectivity index (χ0v) is 32.0. The number of H-pyrrole nitrogens is 2. The second-order valence-corrected chi connectivity index (χ2v) is 14.6. The van der Waals surface area contributed by atoms with Crippen LogP contribution in [0.15, 0.2) is 59.8 Å². The molecule has 55 heavy (non-hydrogen) atoms. The zero-order chi connectivity index (χ0) is 39.4. The van der Waals surface area contributed by atoms with Gasteiger partial charge in [-0.3, -0.25) is 19.0 Å². The Labute approximate surface area is 319 Å². The van der Waals surface area contributed by atoms with E-state index in [1.165, 1.54) is 18.8 Å². The number of amides is 4. The van der Waals surface area contributed by atoms with Crippen LogP contribution in [0, 0.1) is 11.8 Å².